The Morgan fingerprint density at radius 1 is 1.22 bits per heavy atom. The summed E-state index contributed by atoms with van der Waals surface area (Å²) in [5.74, 6) is 2.07. The number of rotatable bonds is 5. The van der Waals surface area contributed by atoms with Crippen LogP contribution < -0.4 is 4.74 Å². The lowest BCUT2D eigenvalue weighted by Crippen LogP contribution is -1.97. The molecule has 0 unspecified atom stereocenters. The van der Waals surface area contributed by atoms with Crippen molar-refractivity contribution in [3.05, 3.63) is 47.2 Å². The fraction of sp³-hybridized carbons (Fsp3) is 0.357. The normalized spacial score (nSPS) is 10.6. The molecule has 4 heteroatoms. The standard InChI is InChI=1S/C14H17NO3/c1-10-3-5-12(6-4-10)17-9-14-15-13(7-8-16)11(2)18-14/h3-6,16H,7-9H2,1-2H3. The maximum atomic E-state index is 8.87. The molecule has 0 aliphatic heterocycles. The van der Waals surface area contributed by atoms with Gasteiger partial charge in [-0.25, -0.2) is 4.98 Å². The van der Waals surface area contributed by atoms with Gasteiger partial charge in [0.05, 0.1) is 5.69 Å². The van der Waals surface area contributed by atoms with E-state index in [-0.39, 0.29) is 6.61 Å². The van der Waals surface area contributed by atoms with Crippen LogP contribution in [0.5, 0.6) is 5.75 Å². The molecule has 0 saturated carbocycles. The average molecular weight is 247 g/mol. The van der Waals surface area contributed by atoms with Crippen molar-refractivity contribution in [2.45, 2.75) is 26.9 Å². The van der Waals surface area contributed by atoms with Crippen LogP contribution in [0.2, 0.25) is 0 Å². The number of aliphatic hydroxyl groups is 1. The monoisotopic (exact) mass is 247 g/mol. The van der Waals surface area contributed by atoms with Gasteiger partial charge in [0.25, 0.3) is 0 Å². The van der Waals surface area contributed by atoms with E-state index in [1.165, 1.54) is 5.56 Å². The Balaban J connectivity index is 1.97. The summed E-state index contributed by atoms with van der Waals surface area (Å²) in [6.07, 6.45) is 0.514. The van der Waals surface area contributed by atoms with E-state index in [0.717, 1.165) is 17.2 Å². The molecular formula is C14H17NO3. The first kappa shape index (κ1) is 12.6. The number of ether oxygens (including phenoxy) is 1. The first-order valence-electron chi connectivity index (χ1n) is 5.94. The van der Waals surface area contributed by atoms with Crippen molar-refractivity contribution in [2.24, 2.45) is 0 Å². The Kier molecular flexibility index (Phi) is 3.99. The SMILES string of the molecule is Cc1ccc(OCc2nc(CCO)c(C)o2)cc1. The van der Waals surface area contributed by atoms with Gasteiger partial charge in [0.15, 0.2) is 6.61 Å². The molecule has 0 amide bonds. The number of nitrogens with zero attached hydrogens (tertiary/aromatic N) is 1. The van der Waals surface area contributed by atoms with Gasteiger partial charge in [0.2, 0.25) is 5.89 Å². The third kappa shape index (κ3) is 3.11. The zero-order chi connectivity index (χ0) is 13.0. The first-order chi connectivity index (χ1) is 8.69. The molecule has 0 atom stereocenters. The predicted molar refractivity (Wildman–Crippen MR) is 67.5 cm³/mol. The zero-order valence-corrected chi connectivity index (χ0v) is 10.6. The van der Waals surface area contributed by atoms with E-state index in [0.29, 0.717) is 18.9 Å². The fourth-order valence-corrected chi connectivity index (χ4v) is 1.67. The van der Waals surface area contributed by atoms with Crippen LogP contribution in [0.1, 0.15) is 22.9 Å². The Morgan fingerprint density at radius 3 is 2.61 bits per heavy atom. The van der Waals surface area contributed by atoms with Crippen LogP contribution in [-0.2, 0) is 13.0 Å². The van der Waals surface area contributed by atoms with Gasteiger partial charge in [-0.15, -0.1) is 0 Å². The molecule has 96 valence electrons. The highest BCUT2D eigenvalue weighted by molar-refractivity contribution is 5.26. The molecule has 1 N–H and O–H groups in total. The highest BCUT2D eigenvalue weighted by Crippen LogP contribution is 2.15. The van der Waals surface area contributed by atoms with E-state index >= 15 is 0 Å². The Hall–Kier alpha value is -1.81. The first-order valence-corrected chi connectivity index (χ1v) is 5.94. The molecule has 0 bridgehead atoms. The Morgan fingerprint density at radius 2 is 1.94 bits per heavy atom. The highest BCUT2D eigenvalue weighted by Gasteiger charge is 2.09. The number of aryl methyl sites for hydroxylation is 2. The molecule has 1 heterocycles. The molecule has 1 aromatic heterocycles. The van der Waals surface area contributed by atoms with Crippen LogP contribution in [0.15, 0.2) is 28.7 Å². The number of aliphatic hydroxyl groups excluding tert-OH is 1. The highest BCUT2D eigenvalue weighted by atomic mass is 16.5. The number of hydrogen-bond donors (Lipinski definition) is 1. The molecule has 18 heavy (non-hydrogen) atoms. The summed E-state index contributed by atoms with van der Waals surface area (Å²) in [4.78, 5) is 4.28. The number of benzene rings is 1. The lowest BCUT2D eigenvalue weighted by atomic mass is 10.2. The number of hydrogen-bond acceptors (Lipinski definition) is 4. The number of oxazole rings is 1. The van der Waals surface area contributed by atoms with Gasteiger partial charge in [0.1, 0.15) is 11.5 Å². The van der Waals surface area contributed by atoms with Crippen LogP contribution in [0.25, 0.3) is 0 Å². The summed E-state index contributed by atoms with van der Waals surface area (Å²) < 4.78 is 11.0. The summed E-state index contributed by atoms with van der Waals surface area (Å²) in [5.41, 5.74) is 1.99. The van der Waals surface area contributed by atoms with Gasteiger partial charge >= 0.3 is 0 Å². The molecule has 1 aromatic carbocycles. The minimum absolute atomic E-state index is 0.0750. The maximum absolute atomic E-state index is 8.87. The largest absolute Gasteiger partial charge is 0.484 e. The maximum Gasteiger partial charge on any atom is 0.232 e. The van der Waals surface area contributed by atoms with Gasteiger partial charge in [-0.05, 0) is 26.0 Å². The second-order valence-electron chi connectivity index (χ2n) is 4.19. The molecule has 0 aliphatic carbocycles. The molecule has 0 spiro atoms. The van der Waals surface area contributed by atoms with E-state index in [2.05, 4.69) is 4.98 Å². The fourth-order valence-electron chi connectivity index (χ4n) is 1.67. The van der Waals surface area contributed by atoms with Crippen molar-refractivity contribution in [3.63, 3.8) is 0 Å². The zero-order valence-electron chi connectivity index (χ0n) is 10.6. The quantitative estimate of drug-likeness (QED) is 0.881. The van der Waals surface area contributed by atoms with Gasteiger partial charge < -0.3 is 14.3 Å². The van der Waals surface area contributed by atoms with Crippen molar-refractivity contribution < 1.29 is 14.3 Å². The third-order valence-corrected chi connectivity index (χ3v) is 2.67. The van der Waals surface area contributed by atoms with Crippen LogP contribution in [0, 0.1) is 13.8 Å². The van der Waals surface area contributed by atoms with Crippen LogP contribution in [0.3, 0.4) is 0 Å². The van der Waals surface area contributed by atoms with Crippen molar-refractivity contribution >= 4 is 0 Å². The molecule has 2 aromatic rings. The topological polar surface area (TPSA) is 55.5 Å². The van der Waals surface area contributed by atoms with Crippen LogP contribution in [-0.4, -0.2) is 16.7 Å². The van der Waals surface area contributed by atoms with Gasteiger partial charge in [-0.2, -0.15) is 0 Å². The molecule has 2 rings (SSSR count). The molecule has 0 saturated heterocycles. The summed E-state index contributed by atoms with van der Waals surface area (Å²) in [5, 5.41) is 8.87. The minimum Gasteiger partial charge on any atom is -0.484 e. The predicted octanol–water partition coefficient (Wildman–Crippen LogP) is 2.41. The summed E-state index contributed by atoms with van der Waals surface area (Å²) in [6, 6.07) is 7.82. The molecule has 0 radical (unpaired) electrons. The number of aromatic nitrogens is 1. The van der Waals surface area contributed by atoms with Crippen molar-refractivity contribution in [2.75, 3.05) is 6.61 Å². The lowest BCUT2D eigenvalue weighted by Gasteiger charge is -2.03. The van der Waals surface area contributed by atoms with E-state index in [4.69, 9.17) is 14.3 Å². The average Bonchev–Trinajstić information content (AvgIpc) is 2.70. The van der Waals surface area contributed by atoms with Crippen molar-refractivity contribution in [3.8, 4) is 5.75 Å². The second kappa shape index (κ2) is 5.69. The van der Waals surface area contributed by atoms with E-state index in [1.807, 2.05) is 38.1 Å². The van der Waals surface area contributed by atoms with Crippen molar-refractivity contribution in [1.29, 1.82) is 0 Å². The lowest BCUT2D eigenvalue weighted by molar-refractivity contribution is 0.260. The van der Waals surface area contributed by atoms with Crippen LogP contribution >= 0.6 is 0 Å². The second-order valence-corrected chi connectivity index (χ2v) is 4.19. The van der Waals surface area contributed by atoms with E-state index < -0.39 is 0 Å². The molecular weight excluding hydrogens is 230 g/mol. The third-order valence-electron chi connectivity index (χ3n) is 2.67. The van der Waals surface area contributed by atoms with Gasteiger partial charge in [-0.3, -0.25) is 0 Å². The smallest absolute Gasteiger partial charge is 0.232 e. The van der Waals surface area contributed by atoms with E-state index in [1.54, 1.807) is 0 Å². The molecule has 4 nitrogen and oxygen atoms in total. The summed E-state index contributed by atoms with van der Waals surface area (Å²) >= 11 is 0. The molecule has 0 aliphatic rings. The Bertz CT molecular complexity index is 502. The molecule has 0 fully saturated rings. The Labute approximate surface area is 106 Å². The van der Waals surface area contributed by atoms with E-state index in [9.17, 15) is 0 Å². The van der Waals surface area contributed by atoms with Crippen LogP contribution in [0.4, 0.5) is 0 Å². The van der Waals surface area contributed by atoms with Crippen molar-refractivity contribution in [1.82, 2.24) is 4.98 Å². The minimum atomic E-state index is 0.0750. The van der Waals surface area contributed by atoms with Gasteiger partial charge in [-0.1, -0.05) is 17.7 Å². The summed E-state index contributed by atoms with van der Waals surface area (Å²) in [7, 11) is 0. The summed E-state index contributed by atoms with van der Waals surface area (Å²) in [6.45, 7) is 4.25. The van der Waals surface area contributed by atoms with Gasteiger partial charge in [0, 0.05) is 13.0 Å².